The predicted molar refractivity (Wildman–Crippen MR) is 91.4 cm³/mol. The van der Waals surface area contributed by atoms with E-state index in [0.29, 0.717) is 11.8 Å². The van der Waals surface area contributed by atoms with E-state index in [1.807, 2.05) is 0 Å². The van der Waals surface area contributed by atoms with Gasteiger partial charge in [-0.05, 0) is 75.0 Å². The number of rotatable bonds is 1. The number of aliphatic hydroxyl groups excluding tert-OH is 1. The average molecular weight is 330 g/mol. The fourth-order valence-electron chi connectivity index (χ4n) is 7.44. The molecule has 5 rings (SSSR count). The molecule has 1 heterocycles. The fraction of sp³-hybridized carbons (Fsp3) is 0.857. The van der Waals surface area contributed by atoms with Crippen molar-refractivity contribution >= 4 is 5.78 Å². The summed E-state index contributed by atoms with van der Waals surface area (Å²) in [5.74, 6) is 2.30. The van der Waals surface area contributed by atoms with E-state index in [1.54, 1.807) is 6.92 Å². The number of hydrogen-bond donors (Lipinski definition) is 1. The third kappa shape index (κ3) is 1.69. The molecule has 0 amide bonds. The molecule has 1 saturated heterocycles. The average Bonchev–Trinajstić information content (AvgIpc) is 3.22. The molecule has 1 N–H and O–H groups in total. The first-order valence-corrected chi connectivity index (χ1v) is 9.88. The summed E-state index contributed by atoms with van der Waals surface area (Å²) in [6.45, 7) is 6.57. The van der Waals surface area contributed by atoms with Crippen molar-refractivity contribution in [1.82, 2.24) is 0 Å². The summed E-state index contributed by atoms with van der Waals surface area (Å²) in [5, 5.41) is 10.1. The van der Waals surface area contributed by atoms with Crippen molar-refractivity contribution < 1.29 is 14.6 Å². The molecule has 4 aliphatic carbocycles. The highest BCUT2D eigenvalue weighted by atomic mass is 16.6. The van der Waals surface area contributed by atoms with Gasteiger partial charge >= 0.3 is 0 Å². The third-order valence-electron chi connectivity index (χ3n) is 8.93. The molecule has 0 aromatic carbocycles. The Morgan fingerprint density at radius 2 is 2.04 bits per heavy atom. The van der Waals surface area contributed by atoms with Crippen LogP contribution in [0, 0.1) is 28.6 Å². The van der Waals surface area contributed by atoms with Gasteiger partial charge in [-0.2, -0.15) is 0 Å². The molecule has 24 heavy (non-hydrogen) atoms. The molecular weight excluding hydrogens is 300 g/mol. The van der Waals surface area contributed by atoms with Crippen LogP contribution in [0.4, 0.5) is 0 Å². The highest BCUT2D eigenvalue weighted by molar-refractivity contribution is 5.89. The van der Waals surface area contributed by atoms with Gasteiger partial charge in [-0.25, -0.2) is 0 Å². The summed E-state index contributed by atoms with van der Waals surface area (Å²) < 4.78 is 6.00. The van der Waals surface area contributed by atoms with E-state index >= 15 is 0 Å². The molecule has 3 heteroatoms. The quantitative estimate of drug-likeness (QED) is 0.590. The third-order valence-corrected chi connectivity index (χ3v) is 8.93. The summed E-state index contributed by atoms with van der Waals surface area (Å²) in [7, 11) is 0. The van der Waals surface area contributed by atoms with E-state index in [-0.39, 0.29) is 28.8 Å². The molecule has 3 nitrogen and oxygen atoms in total. The number of Topliss-reactive ketones (excluding diaryl/α,β-unsaturated/α-hetero) is 1. The van der Waals surface area contributed by atoms with Crippen molar-refractivity contribution in [2.75, 3.05) is 0 Å². The van der Waals surface area contributed by atoms with Gasteiger partial charge in [0.1, 0.15) is 6.10 Å². The Kier molecular flexibility index (Phi) is 2.94. The Morgan fingerprint density at radius 3 is 2.79 bits per heavy atom. The van der Waals surface area contributed by atoms with E-state index in [0.717, 1.165) is 38.0 Å². The Morgan fingerprint density at radius 1 is 1.25 bits per heavy atom. The van der Waals surface area contributed by atoms with Crippen molar-refractivity contribution in [2.45, 2.75) is 83.5 Å². The number of fused-ring (bicyclic) bond motifs is 7. The van der Waals surface area contributed by atoms with E-state index in [1.165, 1.54) is 18.4 Å². The zero-order valence-electron chi connectivity index (χ0n) is 15.2. The lowest BCUT2D eigenvalue weighted by molar-refractivity contribution is -0.123. The minimum absolute atomic E-state index is 0.136. The summed E-state index contributed by atoms with van der Waals surface area (Å²) in [6.07, 6.45) is 10.0. The fourth-order valence-corrected chi connectivity index (χ4v) is 7.44. The lowest BCUT2D eigenvalue weighted by atomic mass is 9.48. The van der Waals surface area contributed by atoms with E-state index in [2.05, 4.69) is 19.9 Å². The van der Waals surface area contributed by atoms with Crippen molar-refractivity contribution in [3.63, 3.8) is 0 Å². The van der Waals surface area contributed by atoms with Crippen molar-refractivity contribution in [3.8, 4) is 0 Å². The number of carbonyl (C=O) groups is 1. The zero-order valence-corrected chi connectivity index (χ0v) is 15.2. The lowest BCUT2D eigenvalue weighted by Gasteiger charge is -2.57. The maximum absolute atomic E-state index is 12.2. The maximum atomic E-state index is 12.2. The van der Waals surface area contributed by atoms with E-state index in [4.69, 9.17) is 4.74 Å². The van der Waals surface area contributed by atoms with Crippen molar-refractivity contribution in [3.05, 3.63) is 11.6 Å². The van der Waals surface area contributed by atoms with Crippen LogP contribution in [0.5, 0.6) is 0 Å². The molecular formula is C21H30O3. The predicted octanol–water partition coefficient (Wildman–Crippen LogP) is 3.65. The molecule has 3 saturated carbocycles. The van der Waals surface area contributed by atoms with Gasteiger partial charge in [0.05, 0.1) is 6.10 Å². The minimum Gasteiger partial charge on any atom is -0.393 e. The first-order chi connectivity index (χ1) is 11.3. The monoisotopic (exact) mass is 330 g/mol. The lowest BCUT2D eigenvalue weighted by Crippen LogP contribution is -2.50. The van der Waals surface area contributed by atoms with Gasteiger partial charge in [-0.1, -0.05) is 25.5 Å². The molecule has 0 bridgehead atoms. The van der Waals surface area contributed by atoms with Gasteiger partial charge in [-0.3, -0.25) is 4.79 Å². The summed E-state index contributed by atoms with van der Waals surface area (Å²) in [6, 6.07) is 0. The van der Waals surface area contributed by atoms with Gasteiger partial charge in [0.25, 0.3) is 0 Å². The number of hydrogen-bond acceptors (Lipinski definition) is 3. The van der Waals surface area contributed by atoms with E-state index < -0.39 is 5.60 Å². The SMILES string of the molecule is CC(=O)[C@@]12C[C@H]3[C@@H]4CC=C5C[C@H](O)CC[C@]5(C)[C@@H]4CC[C@]3(C)[C@@H]1O2. The van der Waals surface area contributed by atoms with Crippen LogP contribution in [0.15, 0.2) is 11.6 Å². The molecule has 4 fully saturated rings. The molecule has 5 aliphatic rings. The Hall–Kier alpha value is -0.670. The van der Waals surface area contributed by atoms with Crippen LogP contribution >= 0.6 is 0 Å². The summed E-state index contributed by atoms with van der Waals surface area (Å²) >= 11 is 0. The molecule has 8 atom stereocenters. The van der Waals surface area contributed by atoms with Crippen LogP contribution in [0.1, 0.15) is 65.7 Å². The number of aliphatic hydroxyl groups is 1. The van der Waals surface area contributed by atoms with Gasteiger partial charge in [0.15, 0.2) is 11.4 Å². The number of allylic oxidation sites excluding steroid dienone is 1. The topological polar surface area (TPSA) is 49.8 Å². The van der Waals surface area contributed by atoms with Crippen LogP contribution in [-0.2, 0) is 9.53 Å². The molecule has 132 valence electrons. The highest BCUT2D eigenvalue weighted by Crippen LogP contribution is 2.72. The number of carbonyl (C=O) groups excluding carboxylic acids is 1. The van der Waals surface area contributed by atoms with Gasteiger partial charge in [0, 0.05) is 5.41 Å². The van der Waals surface area contributed by atoms with Crippen molar-refractivity contribution in [2.24, 2.45) is 28.6 Å². The second-order valence-corrected chi connectivity index (χ2v) is 9.85. The molecule has 0 aromatic heterocycles. The molecule has 0 unspecified atom stereocenters. The Labute approximate surface area is 144 Å². The smallest absolute Gasteiger partial charge is 0.164 e. The largest absolute Gasteiger partial charge is 0.393 e. The van der Waals surface area contributed by atoms with Crippen molar-refractivity contribution in [1.29, 1.82) is 0 Å². The first kappa shape index (κ1) is 15.6. The molecule has 0 aromatic rings. The first-order valence-electron chi connectivity index (χ1n) is 9.88. The van der Waals surface area contributed by atoms with Gasteiger partial charge in [-0.15, -0.1) is 0 Å². The summed E-state index contributed by atoms with van der Waals surface area (Å²) in [4.78, 5) is 12.2. The zero-order chi connectivity index (χ0) is 16.9. The summed E-state index contributed by atoms with van der Waals surface area (Å²) in [5.41, 5.74) is 1.57. The second-order valence-electron chi connectivity index (χ2n) is 9.85. The van der Waals surface area contributed by atoms with Gasteiger partial charge < -0.3 is 9.84 Å². The van der Waals surface area contributed by atoms with Crippen LogP contribution in [0.3, 0.4) is 0 Å². The van der Waals surface area contributed by atoms with Crippen LogP contribution < -0.4 is 0 Å². The molecule has 0 radical (unpaired) electrons. The molecule has 0 spiro atoms. The highest BCUT2D eigenvalue weighted by Gasteiger charge is 2.77. The van der Waals surface area contributed by atoms with Crippen LogP contribution in [-0.4, -0.2) is 28.7 Å². The number of ether oxygens (including phenoxy) is 1. The standard InChI is InChI=1S/C21H30O3/c1-12(22)21-11-17-15-5-4-13-10-14(23)6-8-19(13,2)16(15)7-9-20(17,3)18(21)24-21/h4,14-18,23H,5-11H2,1-3H3/t14-,15-,16-,17+,18+,19+,20+,21+/m1/s1. The van der Waals surface area contributed by atoms with E-state index in [9.17, 15) is 9.90 Å². The number of ketones is 1. The maximum Gasteiger partial charge on any atom is 0.164 e. The second kappa shape index (κ2) is 4.54. The Bertz CT molecular complexity index is 639. The minimum atomic E-state index is -0.429. The van der Waals surface area contributed by atoms with Crippen LogP contribution in [0.2, 0.25) is 0 Å². The number of epoxide rings is 1. The van der Waals surface area contributed by atoms with Gasteiger partial charge in [0.2, 0.25) is 0 Å². The van der Waals surface area contributed by atoms with Crippen LogP contribution in [0.25, 0.3) is 0 Å². The molecule has 1 aliphatic heterocycles. The normalized spacial score (nSPS) is 58.0. The Balaban J connectivity index is 1.50.